The summed E-state index contributed by atoms with van der Waals surface area (Å²) < 4.78 is 57.7. The van der Waals surface area contributed by atoms with Crippen LogP contribution in [0.2, 0.25) is 0 Å². The van der Waals surface area contributed by atoms with Gasteiger partial charge in [-0.2, -0.15) is 27.6 Å². The lowest BCUT2D eigenvalue weighted by molar-refractivity contribution is 0.343. The minimum atomic E-state index is -1.78. The van der Waals surface area contributed by atoms with Crippen LogP contribution in [0.15, 0.2) is 12.4 Å². The molecule has 0 unspecified atom stereocenters. The largest absolute Gasteiger partial charge is 0.447 e. The third-order valence-corrected chi connectivity index (χ3v) is 1.86. The normalized spacial score (nSPS) is 10.6. The van der Waals surface area contributed by atoms with Gasteiger partial charge in [0, 0.05) is 7.05 Å². The Balaban J connectivity index is 2.45. The van der Waals surface area contributed by atoms with E-state index in [1.54, 1.807) is 0 Å². The Bertz CT molecular complexity index is 543. The number of hydrogen-bond donors (Lipinski definition) is 0. The van der Waals surface area contributed by atoms with Crippen molar-refractivity contribution in [3.05, 3.63) is 35.9 Å². The highest BCUT2D eigenvalue weighted by Gasteiger charge is 2.23. The van der Waals surface area contributed by atoms with Crippen LogP contribution in [-0.4, -0.2) is 14.8 Å². The van der Waals surface area contributed by atoms with Gasteiger partial charge < -0.3 is 4.74 Å². The molecule has 0 aliphatic heterocycles. The maximum atomic E-state index is 13.1. The molecule has 4 nitrogen and oxygen atoms in total. The van der Waals surface area contributed by atoms with E-state index in [-0.39, 0.29) is 5.75 Å². The molecule has 0 radical (unpaired) electrons. The Kier molecular flexibility index (Phi) is 2.70. The Morgan fingerprint density at radius 1 is 1.12 bits per heavy atom. The van der Waals surface area contributed by atoms with Crippen LogP contribution in [0.25, 0.3) is 0 Å². The zero-order chi connectivity index (χ0) is 12.6. The van der Waals surface area contributed by atoms with E-state index in [4.69, 9.17) is 0 Å². The van der Waals surface area contributed by atoms with Gasteiger partial charge in [0.05, 0.1) is 12.4 Å². The van der Waals surface area contributed by atoms with Crippen LogP contribution in [0.1, 0.15) is 0 Å². The first-order chi connectivity index (χ1) is 7.99. The molecule has 0 N–H and O–H groups in total. The number of aromatic nitrogens is 3. The van der Waals surface area contributed by atoms with Crippen LogP contribution in [0.4, 0.5) is 17.6 Å². The molecule has 90 valence electrons. The van der Waals surface area contributed by atoms with Crippen molar-refractivity contribution in [1.82, 2.24) is 14.8 Å². The highest BCUT2D eigenvalue weighted by Crippen LogP contribution is 2.28. The summed E-state index contributed by atoms with van der Waals surface area (Å²) in [4.78, 5) is 2.40. The van der Waals surface area contributed by atoms with E-state index in [2.05, 4.69) is 14.8 Å². The molecule has 2 heterocycles. The van der Waals surface area contributed by atoms with Gasteiger partial charge in [0.1, 0.15) is 0 Å². The summed E-state index contributed by atoms with van der Waals surface area (Å²) in [6.45, 7) is 0. The number of aryl methyl sites for hydroxylation is 1. The van der Waals surface area contributed by atoms with Crippen LogP contribution >= 0.6 is 0 Å². The Labute approximate surface area is 92.5 Å². The molecule has 0 bridgehead atoms. The fraction of sp³-hybridized carbons (Fsp3) is 0.111. The Hall–Kier alpha value is -2.12. The minimum absolute atomic E-state index is 0.0599. The van der Waals surface area contributed by atoms with Crippen molar-refractivity contribution in [1.29, 1.82) is 0 Å². The van der Waals surface area contributed by atoms with Gasteiger partial charge in [-0.1, -0.05) is 0 Å². The second-order valence-electron chi connectivity index (χ2n) is 3.10. The van der Waals surface area contributed by atoms with Gasteiger partial charge in [-0.25, -0.2) is 0 Å². The highest BCUT2D eigenvalue weighted by molar-refractivity contribution is 5.29. The second kappa shape index (κ2) is 4.04. The van der Waals surface area contributed by atoms with Crippen molar-refractivity contribution in [2.45, 2.75) is 0 Å². The van der Waals surface area contributed by atoms with Crippen molar-refractivity contribution >= 4 is 0 Å². The average molecular weight is 247 g/mol. The summed E-state index contributed by atoms with van der Waals surface area (Å²) in [5, 5.41) is 3.66. The van der Waals surface area contributed by atoms with E-state index in [1.807, 2.05) is 0 Å². The zero-order valence-corrected chi connectivity index (χ0v) is 8.42. The molecule has 0 spiro atoms. The summed E-state index contributed by atoms with van der Waals surface area (Å²) in [6, 6.07) is 0. The summed E-state index contributed by atoms with van der Waals surface area (Å²) in [6.07, 6.45) is 2.41. The molecule has 0 atom stereocenters. The Morgan fingerprint density at radius 3 is 2.18 bits per heavy atom. The van der Waals surface area contributed by atoms with Crippen LogP contribution in [0.3, 0.4) is 0 Å². The first-order valence-electron chi connectivity index (χ1n) is 4.35. The van der Waals surface area contributed by atoms with E-state index < -0.39 is 29.3 Å². The van der Waals surface area contributed by atoms with Gasteiger partial charge >= 0.3 is 0 Å². The summed E-state index contributed by atoms with van der Waals surface area (Å²) in [5.41, 5.74) is 0. The van der Waals surface area contributed by atoms with Gasteiger partial charge in [-0.05, 0) is 0 Å². The number of halogens is 4. The molecule has 0 saturated heterocycles. The number of pyridine rings is 1. The first-order valence-corrected chi connectivity index (χ1v) is 4.35. The fourth-order valence-electron chi connectivity index (χ4n) is 1.13. The van der Waals surface area contributed by atoms with Crippen molar-refractivity contribution in [2.75, 3.05) is 0 Å². The maximum absolute atomic E-state index is 13.1. The third-order valence-electron chi connectivity index (χ3n) is 1.86. The molecule has 0 saturated carbocycles. The fourth-order valence-corrected chi connectivity index (χ4v) is 1.13. The van der Waals surface area contributed by atoms with Crippen molar-refractivity contribution in [2.24, 2.45) is 7.05 Å². The lowest BCUT2D eigenvalue weighted by Crippen LogP contribution is -2.02. The number of ether oxygens (including phenoxy) is 1. The third kappa shape index (κ3) is 2.05. The van der Waals surface area contributed by atoms with Crippen molar-refractivity contribution in [3.8, 4) is 11.5 Å². The van der Waals surface area contributed by atoms with Gasteiger partial charge in [0.15, 0.2) is 5.75 Å². The predicted octanol–water partition coefficient (Wildman–Crippen LogP) is 2.16. The van der Waals surface area contributed by atoms with Crippen LogP contribution < -0.4 is 4.74 Å². The van der Waals surface area contributed by atoms with Crippen LogP contribution in [0.5, 0.6) is 11.5 Å². The molecule has 2 aromatic heterocycles. The van der Waals surface area contributed by atoms with E-state index in [1.165, 1.54) is 17.9 Å². The first kappa shape index (κ1) is 11.4. The molecule has 17 heavy (non-hydrogen) atoms. The summed E-state index contributed by atoms with van der Waals surface area (Å²) in [5.74, 6) is -8.20. The van der Waals surface area contributed by atoms with E-state index in [0.717, 1.165) is 6.20 Å². The SMILES string of the molecule is Cn1cc(Oc2c(F)c(F)nc(F)c2F)cn1. The lowest BCUT2D eigenvalue weighted by Gasteiger charge is -2.05. The van der Waals surface area contributed by atoms with Gasteiger partial charge in [-0.3, -0.25) is 4.68 Å². The quantitative estimate of drug-likeness (QED) is 0.603. The minimum Gasteiger partial charge on any atom is -0.447 e. The molecule has 0 aromatic carbocycles. The summed E-state index contributed by atoms with van der Waals surface area (Å²) >= 11 is 0. The average Bonchev–Trinajstić information content (AvgIpc) is 2.68. The maximum Gasteiger partial charge on any atom is 0.255 e. The number of hydrogen-bond acceptors (Lipinski definition) is 3. The predicted molar refractivity (Wildman–Crippen MR) is 47.4 cm³/mol. The number of nitrogens with zero attached hydrogens (tertiary/aromatic N) is 3. The molecule has 0 fully saturated rings. The molecule has 0 amide bonds. The topological polar surface area (TPSA) is 39.9 Å². The smallest absolute Gasteiger partial charge is 0.255 e. The van der Waals surface area contributed by atoms with Gasteiger partial charge in [-0.15, -0.1) is 0 Å². The van der Waals surface area contributed by atoms with Crippen molar-refractivity contribution in [3.63, 3.8) is 0 Å². The van der Waals surface area contributed by atoms with Gasteiger partial charge in [0.2, 0.25) is 17.4 Å². The van der Waals surface area contributed by atoms with E-state index >= 15 is 0 Å². The van der Waals surface area contributed by atoms with E-state index in [9.17, 15) is 17.6 Å². The van der Waals surface area contributed by atoms with Crippen LogP contribution in [0, 0.1) is 23.5 Å². The monoisotopic (exact) mass is 247 g/mol. The second-order valence-corrected chi connectivity index (χ2v) is 3.10. The molecule has 2 rings (SSSR count). The highest BCUT2D eigenvalue weighted by atomic mass is 19.2. The van der Waals surface area contributed by atoms with Crippen LogP contribution in [-0.2, 0) is 7.05 Å². The van der Waals surface area contributed by atoms with Gasteiger partial charge in [0.25, 0.3) is 11.9 Å². The lowest BCUT2D eigenvalue weighted by atomic mass is 10.4. The standard InChI is InChI=1S/C9H5F4N3O/c1-16-3-4(2-14-16)17-7-5(10)8(12)15-9(13)6(7)11/h2-3H,1H3. The van der Waals surface area contributed by atoms with Crippen molar-refractivity contribution < 1.29 is 22.3 Å². The zero-order valence-electron chi connectivity index (χ0n) is 8.42. The van der Waals surface area contributed by atoms with E-state index in [0.29, 0.717) is 0 Å². The number of rotatable bonds is 2. The summed E-state index contributed by atoms with van der Waals surface area (Å²) in [7, 11) is 1.54. The molecular weight excluding hydrogens is 242 g/mol. The molecular formula is C9H5F4N3O. The molecule has 0 aliphatic carbocycles. The molecule has 8 heteroatoms. The molecule has 2 aromatic rings. The molecule has 0 aliphatic rings. The Morgan fingerprint density at radius 2 is 1.71 bits per heavy atom.